The monoisotopic (exact) mass is 469 g/mol. The lowest BCUT2D eigenvalue weighted by molar-refractivity contribution is -0.121. The molecule has 178 valence electrons. The molecule has 1 aromatic heterocycles. The summed E-state index contributed by atoms with van der Waals surface area (Å²) in [7, 11) is 1.66. The van der Waals surface area contributed by atoms with Gasteiger partial charge in [-0.05, 0) is 49.1 Å². The van der Waals surface area contributed by atoms with Crippen LogP contribution in [0.4, 0.5) is 8.78 Å². The van der Waals surface area contributed by atoms with E-state index in [4.69, 9.17) is 0 Å². The van der Waals surface area contributed by atoms with Gasteiger partial charge in [0.2, 0.25) is 5.91 Å². The van der Waals surface area contributed by atoms with Crippen LogP contribution in [0.3, 0.4) is 0 Å². The maximum atomic E-state index is 15.0. The van der Waals surface area contributed by atoms with E-state index < -0.39 is 17.6 Å². The highest BCUT2D eigenvalue weighted by Crippen LogP contribution is 2.31. The Morgan fingerprint density at radius 3 is 2.59 bits per heavy atom. The zero-order chi connectivity index (χ0) is 24.6. The smallest absolute Gasteiger partial charge is 0.337 e. The third kappa shape index (κ3) is 4.37. The van der Waals surface area contributed by atoms with Gasteiger partial charge in [0.05, 0.1) is 11.1 Å². The number of carbonyl (C=O) groups is 3. The molecule has 0 spiro atoms. The minimum absolute atomic E-state index is 0.0146. The lowest BCUT2D eigenvalue weighted by Crippen LogP contribution is -2.38. The molecule has 2 atom stereocenters. The summed E-state index contributed by atoms with van der Waals surface area (Å²) in [6, 6.07) is 6.45. The number of nitrogens with zero attached hydrogens (tertiary/aromatic N) is 1. The first-order chi connectivity index (χ1) is 16.2. The number of carboxylic acids is 1. The molecular weight excluding hydrogens is 444 g/mol. The number of H-pyrrole nitrogens is 1. The van der Waals surface area contributed by atoms with Gasteiger partial charge in [0.25, 0.3) is 5.91 Å². The predicted molar refractivity (Wildman–Crippen MR) is 123 cm³/mol. The van der Waals surface area contributed by atoms with E-state index >= 15 is 4.39 Å². The normalized spacial score (nSPS) is 17.6. The summed E-state index contributed by atoms with van der Waals surface area (Å²) in [4.78, 5) is 40.2. The van der Waals surface area contributed by atoms with Crippen molar-refractivity contribution in [1.29, 1.82) is 0 Å². The molecule has 1 aliphatic rings. The van der Waals surface area contributed by atoms with E-state index in [-0.39, 0.29) is 57.1 Å². The number of benzene rings is 2. The van der Waals surface area contributed by atoms with Gasteiger partial charge in [0.1, 0.15) is 11.6 Å². The van der Waals surface area contributed by atoms with Gasteiger partial charge < -0.3 is 20.3 Å². The second-order valence-corrected chi connectivity index (χ2v) is 8.58. The Labute approximate surface area is 194 Å². The molecule has 2 amide bonds. The predicted octanol–water partition coefficient (Wildman–Crippen LogP) is 4.33. The van der Waals surface area contributed by atoms with E-state index in [1.54, 1.807) is 18.9 Å². The Hall–Kier alpha value is -3.75. The fourth-order valence-corrected chi connectivity index (χ4v) is 4.54. The molecule has 1 fully saturated rings. The van der Waals surface area contributed by atoms with Gasteiger partial charge in [-0.15, -0.1) is 0 Å². The van der Waals surface area contributed by atoms with Crippen LogP contribution >= 0.6 is 0 Å². The quantitative estimate of drug-likeness (QED) is 0.500. The van der Waals surface area contributed by atoms with Crippen molar-refractivity contribution in [2.45, 2.75) is 44.7 Å². The number of carbonyl (C=O) groups excluding carboxylic acids is 2. The fourth-order valence-electron chi connectivity index (χ4n) is 4.54. The number of amides is 2. The standard InChI is InChI=1S/C25H25F2N3O4/c1-3-22(31)29-15-5-6-16(11-15)30(2)24(32)13-4-7-17(20(26)9-13)14-8-18-19(25(33)34)12-28-23(18)21(27)10-14/h4,7-10,12,15-16,28H,3,5-6,11H2,1-2H3,(H,29,31)(H,33,34)/t15-,16+/m0/s1. The number of halogens is 2. The minimum atomic E-state index is -1.23. The molecule has 1 heterocycles. The summed E-state index contributed by atoms with van der Waals surface area (Å²) in [5.41, 5.74) is 0.289. The molecule has 0 saturated heterocycles. The minimum Gasteiger partial charge on any atom is -0.478 e. The molecule has 9 heteroatoms. The summed E-state index contributed by atoms with van der Waals surface area (Å²) >= 11 is 0. The molecule has 3 N–H and O–H groups in total. The highest BCUT2D eigenvalue weighted by Gasteiger charge is 2.31. The number of nitrogens with one attached hydrogen (secondary N) is 2. The molecule has 0 radical (unpaired) electrons. The molecule has 7 nitrogen and oxygen atoms in total. The van der Waals surface area contributed by atoms with Gasteiger partial charge >= 0.3 is 5.97 Å². The molecule has 0 unspecified atom stereocenters. The maximum Gasteiger partial charge on any atom is 0.337 e. The zero-order valence-corrected chi connectivity index (χ0v) is 18.8. The summed E-state index contributed by atoms with van der Waals surface area (Å²) in [5.74, 6) is -3.02. The van der Waals surface area contributed by atoms with Crippen molar-refractivity contribution >= 4 is 28.7 Å². The molecule has 4 rings (SSSR count). The van der Waals surface area contributed by atoms with Crippen LogP contribution in [0.15, 0.2) is 36.5 Å². The average Bonchev–Trinajstić information content (AvgIpc) is 3.45. The number of fused-ring (bicyclic) bond motifs is 1. The number of aromatic nitrogens is 1. The number of aromatic amines is 1. The summed E-state index contributed by atoms with van der Waals surface area (Å²) in [6.07, 6.45) is 3.73. The molecule has 34 heavy (non-hydrogen) atoms. The van der Waals surface area contributed by atoms with Gasteiger partial charge in [-0.25, -0.2) is 13.6 Å². The molecule has 3 aromatic rings. The van der Waals surface area contributed by atoms with Crippen molar-refractivity contribution in [2.24, 2.45) is 0 Å². The summed E-state index contributed by atoms with van der Waals surface area (Å²) in [6.45, 7) is 1.78. The van der Waals surface area contributed by atoms with E-state index in [1.165, 1.54) is 24.4 Å². The van der Waals surface area contributed by atoms with Gasteiger partial charge in [0, 0.05) is 48.3 Å². The molecule has 0 bridgehead atoms. The maximum absolute atomic E-state index is 15.0. The Kier molecular flexibility index (Phi) is 6.37. The number of hydrogen-bond donors (Lipinski definition) is 3. The average molecular weight is 469 g/mol. The third-order valence-corrected chi connectivity index (χ3v) is 6.46. The van der Waals surface area contributed by atoms with Crippen molar-refractivity contribution in [1.82, 2.24) is 15.2 Å². The number of hydrogen-bond acceptors (Lipinski definition) is 3. The van der Waals surface area contributed by atoms with Crippen molar-refractivity contribution in [2.75, 3.05) is 7.05 Å². The molecule has 0 aliphatic heterocycles. The molecule has 1 saturated carbocycles. The highest BCUT2D eigenvalue weighted by molar-refractivity contribution is 6.04. The van der Waals surface area contributed by atoms with Crippen molar-refractivity contribution in [3.05, 3.63) is 59.3 Å². The van der Waals surface area contributed by atoms with Crippen LogP contribution < -0.4 is 5.32 Å². The fraction of sp³-hybridized carbons (Fsp3) is 0.320. The zero-order valence-electron chi connectivity index (χ0n) is 18.8. The third-order valence-electron chi connectivity index (χ3n) is 6.46. The van der Waals surface area contributed by atoms with Crippen LogP contribution in [0, 0.1) is 11.6 Å². The van der Waals surface area contributed by atoms with Gasteiger partial charge in [0.15, 0.2) is 0 Å². The van der Waals surface area contributed by atoms with Crippen LogP contribution in [0.2, 0.25) is 0 Å². The molecule has 1 aliphatic carbocycles. The van der Waals surface area contributed by atoms with Gasteiger partial charge in [-0.2, -0.15) is 0 Å². The van der Waals surface area contributed by atoms with E-state index in [9.17, 15) is 23.9 Å². The summed E-state index contributed by atoms with van der Waals surface area (Å²) < 4.78 is 29.6. The Balaban J connectivity index is 1.56. The van der Waals surface area contributed by atoms with E-state index in [1.807, 2.05) is 0 Å². The van der Waals surface area contributed by atoms with E-state index in [0.717, 1.165) is 25.0 Å². The number of carboxylic acid groups (broad SMARTS) is 1. The first-order valence-electron chi connectivity index (χ1n) is 11.1. The van der Waals surface area contributed by atoms with E-state index in [2.05, 4.69) is 10.3 Å². The first kappa shape index (κ1) is 23.4. The van der Waals surface area contributed by atoms with Crippen LogP contribution in [0.1, 0.15) is 53.3 Å². The van der Waals surface area contributed by atoms with Crippen LogP contribution in [0.5, 0.6) is 0 Å². The summed E-state index contributed by atoms with van der Waals surface area (Å²) in [5, 5.41) is 12.4. The largest absolute Gasteiger partial charge is 0.478 e. The van der Waals surface area contributed by atoms with Gasteiger partial charge in [-0.3, -0.25) is 9.59 Å². The Morgan fingerprint density at radius 1 is 1.15 bits per heavy atom. The molecular formula is C25H25F2N3O4. The van der Waals surface area contributed by atoms with E-state index in [0.29, 0.717) is 12.8 Å². The second kappa shape index (κ2) is 9.24. The van der Waals surface area contributed by atoms with Crippen LogP contribution in [0.25, 0.3) is 22.0 Å². The van der Waals surface area contributed by atoms with Gasteiger partial charge in [-0.1, -0.05) is 13.0 Å². The SMILES string of the molecule is CCC(=O)N[C@H]1CC[C@@H](N(C)C(=O)c2ccc(-c3cc(F)c4[nH]cc(C(=O)O)c4c3)c(F)c2)C1. The Morgan fingerprint density at radius 2 is 1.91 bits per heavy atom. The van der Waals surface area contributed by atoms with Crippen molar-refractivity contribution in [3.8, 4) is 11.1 Å². The highest BCUT2D eigenvalue weighted by atomic mass is 19.1. The van der Waals surface area contributed by atoms with Crippen LogP contribution in [-0.2, 0) is 4.79 Å². The number of aromatic carboxylic acids is 1. The van der Waals surface area contributed by atoms with Crippen molar-refractivity contribution in [3.63, 3.8) is 0 Å². The number of rotatable bonds is 6. The lowest BCUT2D eigenvalue weighted by atomic mass is 9.99. The second-order valence-electron chi connectivity index (χ2n) is 8.58. The van der Waals surface area contributed by atoms with Crippen LogP contribution in [-0.4, -0.2) is 51.9 Å². The van der Waals surface area contributed by atoms with Crippen molar-refractivity contribution < 1.29 is 28.3 Å². The molecule has 2 aromatic carbocycles. The topological polar surface area (TPSA) is 103 Å². The lowest BCUT2D eigenvalue weighted by Gasteiger charge is -2.25. The Bertz CT molecular complexity index is 1290. The first-order valence-corrected chi connectivity index (χ1v) is 11.1.